The van der Waals surface area contributed by atoms with Crippen LogP contribution in [-0.2, 0) is 32.7 Å². The van der Waals surface area contributed by atoms with Crippen molar-refractivity contribution in [3.8, 4) is 0 Å². The van der Waals surface area contributed by atoms with E-state index in [0.717, 1.165) is 57.8 Å². The van der Waals surface area contributed by atoms with Gasteiger partial charge in [0.15, 0.2) is 6.10 Å². The molecule has 0 aromatic rings. The molecule has 0 aromatic carbocycles. The number of carbonyl (C=O) groups is 2. The molecule has 0 spiro atoms. The fourth-order valence-electron chi connectivity index (χ4n) is 7.69. The minimum Gasteiger partial charge on any atom is -0.462 e. The monoisotopic (exact) mass is 919 g/mol. The molecule has 0 aromatic heterocycles. The maximum Gasteiger partial charge on any atom is 0.472 e. The average Bonchev–Trinajstić information content (AvgIpc) is 3.26. The van der Waals surface area contributed by atoms with Crippen LogP contribution in [0.25, 0.3) is 0 Å². The van der Waals surface area contributed by atoms with E-state index in [2.05, 4.69) is 38.2 Å². The quantitative estimate of drug-likeness (QED) is 0.0146. The van der Waals surface area contributed by atoms with Gasteiger partial charge in [-0.25, -0.2) is 4.57 Å². The molecule has 1 aliphatic carbocycles. The van der Waals surface area contributed by atoms with Crippen molar-refractivity contribution in [1.29, 1.82) is 0 Å². The molecule has 63 heavy (non-hydrogen) atoms. The van der Waals surface area contributed by atoms with E-state index in [0.29, 0.717) is 12.8 Å². The number of allylic oxidation sites excluding steroid dienone is 4. The maximum atomic E-state index is 12.8. The van der Waals surface area contributed by atoms with Crippen LogP contribution in [0.1, 0.15) is 219 Å². The Hall–Kier alpha value is -1.67. The Morgan fingerprint density at radius 1 is 0.476 bits per heavy atom. The third kappa shape index (κ3) is 31.8. The molecule has 0 saturated heterocycles. The van der Waals surface area contributed by atoms with E-state index in [9.17, 15) is 44.6 Å². The number of ether oxygens (including phenoxy) is 2. The summed E-state index contributed by atoms with van der Waals surface area (Å²) < 4.78 is 33.6. The number of rotatable bonds is 42. The number of hydrogen-bond acceptors (Lipinski definition) is 12. The first-order valence-electron chi connectivity index (χ1n) is 25.1. The fourth-order valence-corrected chi connectivity index (χ4v) is 8.66. The first-order chi connectivity index (χ1) is 30.4. The highest BCUT2D eigenvalue weighted by molar-refractivity contribution is 7.47. The van der Waals surface area contributed by atoms with Gasteiger partial charge in [0, 0.05) is 12.8 Å². The van der Waals surface area contributed by atoms with Gasteiger partial charge in [-0.05, 0) is 64.2 Å². The van der Waals surface area contributed by atoms with Gasteiger partial charge in [0.2, 0.25) is 0 Å². The molecule has 13 nitrogen and oxygen atoms in total. The zero-order chi connectivity index (χ0) is 46.4. The second-order valence-corrected chi connectivity index (χ2v) is 19.1. The number of carbonyl (C=O) groups excluding carboxylic acids is 2. The van der Waals surface area contributed by atoms with E-state index in [1.807, 2.05) is 0 Å². The van der Waals surface area contributed by atoms with E-state index < -0.39 is 75.7 Å². The van der Waals surface area contributed by atoms with Crippen LogP contribution in [0.15, 0.2) is 24.3 Å². The van der Waals surface area contributed by atoms with Crippen LogP contribution in [0.4, 0.5) is 0 Å². The lowest BCUT2D eigenvalue weighted by atomic mass is 9.85. The minimum atomic E-state index is -5.12. The summed E-state index contributed by atoms with van der Waals surface area (Å²) >= 11 is 0. The molecule has 6 unspecified atom stereocenters. The molecule has 1 aliphatic rings. The predicted molar refractivity (Wildman–Crippen MR) is 249 cm³/mol. The van der Waals surface area contributed by atoms with Gasteiger partial charge >= 0.3 is 19.8 Å². The zero-order valence-corrected chi connectivity index (χ0v) is 40.3. The highest BCUT2D eigenvalue weighted by Gasteiger charge is 2.51. The molecule has 1 rings (SSSR count). The van der Waals surface area contributed by atoms with E-state index in [1.165, 1.54) is 122 Å². The molecule has 0 radical (unpaired) electrons. The summed E-state index contributed by atoms with van der Waals surface area (Å²) in [6.45, 7) is 3.29. The summed E-state index contributed by atoms with van der Waals surface area (Å²) in [5, 5.41) is 50.2. The van der Waals surface area contributed by atoms with Crippen molar-refractivity contribution in [3.05, 3.63) is 24.3 Å². The van der Waals surface area contributed by atoms with Gasteiger partial charge in [-0.1, -0.05) is 167 Å². The number of aliphatic hydroxyl groups is 5. The van der Waals surface area contributed by atoms with Crippen molar-refractivity contribution in [1.82, 2.24) is 0 Å². The molecule has 0 amide bonds. The summed E-state index contributed by atoms with van der Waals surface area (Å²) in [6.07, 6.45) is 30.9. The Morgan fingerprint density at radius 3 is 1.22 bits per heavy atom. The first-order valence-corrected chi connectivity index (χ1v) is 26.6. The highest BCUT2D eigenvalue weighted by Crippen LogP contribution is 2.47. The molecule has 1 fully saturated rings. The van der Waals surface area contributed by atoms with Crippen molar-refractivity contribution >= 4 is 19.8 Å². The zero-order valence-electron chi connectivity index (χ0n) is 39.4. The third-order valence-electron chi connectivity index (χ3n) is 11.8. The standard InChI is InChI=1S/C49H91O13P/c1-3-5-7-9-11-13-15-17-18-19-20-21-22-23-24-26-27-29-31-33-35-37-42(50)59-39-41(40-60-63(57,58)62-49-47(55)45(53)44(52)46(54)48(49)56)61-43(51)38-36-34-32-30-28-25-16-14-12-10-8-6-4-2/h14,16-18,41,44-49,52-56H,3-13,15,19-40H2,1-2H3,(H,57,58)/b16-14+,18-17+/t41-,44?,45-,46?,47?,48?,49?/m0/s1. The first kappa shape index (κ1) is 59.3. The van der Waals surface area contributed by atoms with E-state index in [4.69, 9.17) is 18.5 Å². The highest BCUT2D eigenvalue weighted by atomic mass is 31.2. The SMILES string of the molecule is CCCCCC/C=C/CCCCCCCC(=O)O[C@@H](COC(=O)CCCCCCCCCCCCC/C=C/CCCCCCCC)COP(=O)(O)OC1C(O)C(O)C(O)[C@H](O)C1O. The number of phosphoric acid groups is 1. The Labute approximate surface area is 381 Å². The largest absolute Gasteiger partial charge is 0.472 e. The number of aliphatic hydroxyl groups excluding tert-OH is 5. The lowest BCUT2D eigenvalue weighted by molar-refractivity contribution is -0.220. The molecule has 1 saturated carbocycles. The molecule has 370 valence electrons. The summed E-state index contributed by atoms with van der Waals surface area (Å²) in [7, 11) is -5.12. The summed E-state index contributed by atoms with van der Waals surface area (Å²) in [5.74, 6) is -1.10. The van der Waals surface area contributed by atoms with Crippen LogP contribution < -0.4 is 0 Å². The van der Waals surface area contributed by atoms with Gasteiger partial charge in [-0.15, -0.1) is 0 Å². The van der Waals surface area contributed by atoms with Gasteiger partial charge in [-0.3, -0.25) is 18.6 Å². The average molecular weight is 919 g/mol. The Bertz CT molecular complexity index is 1200. The Kier molecular flexibility index (Phi) is 37.2. The third-order valence-corrected chi connectivity index (χ3v) is 12.8. The number of phosphoric ester groups is 1. The lowest BCUT2D eigenvalue weighted by Crippen LogP contribution is -2.64. The molecule has 14 heteroatoms. The van der Waals surface area contributed by atoms with Crippen molar-refractivity contribution in [3.63, 3.8) is 0 Å². The number of esters is 2. The van der Waals surface area contributed by atoms with Gasteiger partial charge in [0.25, 0.3) is 0 Å². The van der Waals surface area contributed by atoms with Crippen LogP contribution in [0.5, 0.6) is 0 Å². The Balaban J connectivity index is 2.37. The normalized spacial score (nSPS) is 21.8. The van der Waals surface area contributed by atoms with Gasteiger partial charge in [0.05, 0.1) is 6.61 Å². The minimum absolute atomic E-state index is 0.0885. The fraction of sp³-hybridized carbons (Fsp3) is 0.878. The Morgan fingerprint density at radius 2 is 0.810 bits per heavy atom. The molecular formula is C49H91O13P. The molecule has 0 aliphatic heterocycles. The predicted octanol–water partition coefficient (Wildman–Crippen LogP) is 10.4. The topological polar surface area (TPSA) is 210 Å². The van der Waals surface area contributed by atoms with Crippen LogP contribution >= 0.6 is 7.82 Å². The van der Waals surface area contributed by atoms with Crippen molar-refractivity contribution in [2.24, 2.45) is 0 Å². The van der Waals surface area contributed by atoms with E-state index in [-0.39, 0.29) is 12.8 Å². The smallest absolute Gasteiger partial charge is 0.462 e. The molecule has 6 N–H and O–H groups in total. The van der Waals surface area contributed by atoms with E-state index in [1.54, 1.807) is 0 Å². The number of unbranched alkanes of at least 4 members (excludes halogenated alkanes) is 26. The second-order valence-electron chi connectivity index (χ2n) is 17.7. The summed E-state index contributed by atoms with van der Waals surface area (Å²) in [5.41, 5.74) is 0. The van der Waals surface area contributed by atoms with Crippen molar-refractivity contribution in [2.75, 3.05) is 13.2 Å². The van der Waals surface area contributed by atoms with Crippen molar-refractivity contribution < 1.29 is 63.1 Å². The molecular weight excluding hydrogens is 828 g/mol. The van der Waals surface area contributed by atoms with Gasteiger partial charge in [-0.2, -0.15) is 0 Å². The maximum absolute atomic E-state index is 12.8. The van der Waals surface area contributed by atoms with E-state index >= 15 is 0 Å². The number of hydrogen-bond donors (Lipinski definition) is 6. The van der Waals surface area contributed by atoms with Gasteiger partial charge < -0.3 is 39.9 Å². The van der Waals surface area contributed by atoms with Crippen LogP contribution in [0, 0.1) is 0 Å². The van der Waals surface area contributed by atoms with Crippen LogP contribution in [0.3, 0.4) is 0 Å². The van der Waals surface area contributed by atoms with Crippen molar-refractivity contribution in [2.45, 2.75) is 262 Å². The lowest BCUT2D eigenvalue weighted by Gasteiger charge is -2.41. The summed E-state index contributed by atoms with van der Waals surface area (Å²) in [4.78, 5) is 35.8. The molecule has 0 bridgehead atoms. The van der Waals surface area contributed by atoms with Gasteiger partial charge in [0.1, 0.15) is 43.2 Å². The van der Waals surface area contributed by atoms with Crippen LogP contribution in [-0.4, -0.2) is 98.3 Å². The molecule has 8 atom stereocenters. The summed E-state index contributed by atoms with van der Waals surface area (Å²) in [6, 6.07) is 0. The van der Waals surface area contributed by atoms with Crippen LogP contribution in [0.2, 0.25) is 0 Å². The molecule has 0 heterocycles. The second kappa shape index (κ2) is 39.5.